The highest BCUT2D eigenvalue weighted by Crippen LogP contribution is 2.56. The first-order chi connectivity index (χ1) is 27.2. The molecule has 0 saturated heterocycles. The molecule has 3 heteroatoms. The Morgan fingerprint density at radius 1 is 0.418 bits per heavy atom. The first-order valence-corrected chi connectivity index (χ1v) is 20.3. The van der Waals surface area contributed by atoms with E-state index in [0.29, 0.717) is 0 Å². The van der Waals surface area contributed by atoms with Crippen molar-refractivity contribution in [3.8, 4) is 67.2 Å². The van der Waals surface area contributed by atoms with Gasteiger partial charge in [0.25, 0.3) is 0 Å². The van der Waals surface area contributed by atoms with Crippen LogP contribution in [0.3, 0.4) is 0 Å². The summed E-state index contributed by atoms with van der Waals surface area (Å²) in [5.74, 6) is 0.745. The van der Waals surface area contributed by atoms with Gasteiger partial charge >= 0.3 is 0 Å². The van der Waals surface area contributed by atoms with Crippen LogP contribution in [0.1, 0.15) is 43.2 Å². The van der Waals surface area contributed by atoms with Gasteiger partial charge in [-0.1, -0.05) is 171 Å². The molecule has 2 aromatic heterocycles. The fraction of sp³-hybridized carbons (Fsp3) is 0.115. The molecule has 0 bridgehead atoms. The Balaban J connectivity index is 0.954. The zero-order chi connectivity index (χ0) is 36.3. The van der Waals surface area contributed by atoms with Crippen molar-refractivity contribution in [3.05, 3.63) is 181 Å². The molecule has 9 aromatic rings. The predicted octanol–water partition coefficient (Wildman–Crippen LogP) is 14.4. The summed E-state index contributed by atoms with van der Waals surface area (Å²) in [5.41, 5.74) is 17.5. The molecule has 2 aliphatic carbocycles. The summed E-state index contributed by atoms with van der Waals surface area (Å²) in [6.45, 7) is 0. The number of benzene rings is 7. The second kappa shape index (κ2) is 13.0. The van der Waals surface area contributed by atoms with E-state index in [9.17, 15) is 0 Å². The number of aromatic nitrogens is 2. The average molecular weight is 723 g/mol. The molecule has 2 heterocycles. The minimum atomic E-state index is 0.153. The molecule has 11 rings (SSSR count). The van der Waals surface area contributed by atoms with Gasteiger partial charge in [0, 0.05) is 26.6 Å². The SMILES string of the molecule is c1ccc(-c2ccc(-c3nc(-c4ccc(-c5cccc(-c6ccc7c(c6)C6(CCCCC6)c6ccccc6-7)c5)cc4)c4sc5ccccc5c4n3)cc2)cc1. The lowest BCUT2D eigenvalue weighted by molar-refractivity contribution is 0.353. The third kappa shape index (κ3) is 5.37. The molecule has 0 amide bonds. The molecule has 0 atom stereocenters. The van der Waals surface area contributed by atoms with E-state index in [0.717, 1.165) is 32.9 Å². The molecular weight excluding hydrogens is 685 g/mol. The molecule has 0 unspecified atom stereocenters. The predicted molar refractivity (Wildman–Crippen MR) is 231 cm³/mol. The Kier molecular flexibility index (Phi) is 7.63. The molecule has 55 heavy (non-hydrogen) atoms. The largest absolute Gasteiger partial charge is 0.226 e. The van der Waals surface area contributed by atoms with Crippen molar-refractivity contribution in [1.82, 2.24) is 9.97 Å². The van der Waals surface area contributed by atoms with Gasteiger partial charge in [-0.15, -0.1) is 11.3 Å². The third-order valence-electron chi connectivity index (χ3n) is 12.1. The maximum Gasteiger partial charge on any atom is 0.160 e. The minimum Gasteiger partial charge on any atom is -0.226 e. The summed E-state index contributed by atoms with van der Waals surface area (Å²) in [6, 6.07) is 62.1. The molecule has 7 aromatic carbocycles. The summed E-state index contributed by atoms with van der Waals surface area (Å²) in [6.07, 6.45) is 6.44. The molecular formula is C52H38N2S. The Hall–Kier alpha value is -6.16. The highest BCUT2D eigenvalue weighted by atomic mass is 32.1. The normalized spacial score (nSPS) is 14.3. The third-order valence-corrected chi connectivity index (χ3v) is 13.3. The van der Waals surface area contributed by atoms with Crippen LogP contribution < -0.4 is 0 Å². The Morgan fingerprint density at radius 2 is 1.00 bits per heavy atom. The van der Waals surface area contributed by atoms with Crippen molar-refractivity contribution in [1.29, 1.82) is 0 Å². The zero-order valence-electron chi connectivity index (χ0n) is 30.5. The highest BCUT2D eigenvalue weighted by molar-refractivity contribution is 7.26. The van der Waals surface area contributed by atoms with E-state index in [2.05, 4.69) is 170 Å². The summed E-state index contributed by atoms with van der Waals surface area (Å²) < 4.78 is 2.35. The van der Waals surface area contributed by atoms with Crippen LogP contribution in [-0.4, -0.2) is 9.97 Å². The van der Waals surface area contributed by atoms with Crippen LogP contribution in [0, 0.1) is 0 Å². The van der Waals surface area contributed by atoms with Crippen LogP contribution in [0.5, 0.6) is 0 Å². The van der Waals surface area contributed by atoms with Crippen LogP contribution in [-0.2, 0) is 5.41 Å². The van der Waals surface area contributed by atoms with Crippen LogP contribution in [0.2, 0.25) is 0 Å². The van der Waals surface area contributed by atoms with Gasteiger partial charge in [-0.3, -0.25) is 0 Å². The quantitative estimate of drug-likeness (QED) is 0.177. The Morgan fingerprint density at radius 3 is 1.82 bits per heavy atom. The Bertz CT molecular complexity index is 2880. The highest BCUT2D eigenvalue weighted by Gasteiger charge is 2.43. The van der Waals surface area contributed by atoms with Gasteiger partial charge in [-0.25, -0.2) is 9.97 Å². The van der Waals surface area contributed by atoms with Crippen molar-refractivity contribution in [2.24, 2.45) is 0 Å². The fourth-order valence-electron chi connectivity index (χ4n) is 9.39. The maximum atomic E-state index is 5.27. The van der Waals surface area contributed by atoms with Crippen LogP contribution in [0.25, 0.3) is 87.5 Å². The van der Waals surface area contributed by atoms with Crippen LogP contribution in [0.15, 0.2) is 170 Å². The number of thiophene rings is 1. The van der Waals surface area contributed by atoms with E-state index in [1.807, 2.05) is 0 Å². The number of fused-ring (bicyclic) bond motifs is 8. The van der Waals surface area contributed by atoms with Crippen molar-refractivity contribution < 1.29 is 0 Å². The van der Waals surface area contributed by atoms with Gasteiger partial charge in [-0.05, 0) is 86.7 Å². The molecule has 262 valence electrons. The first kappa shape index (κ1) is 32.3. The molecule has 1 spiro atoms. The summed E-state index contributed by atoms with van der Waals surface area (Å²) in [4.78, 5) is 10.5. The number of rotatable bonds is 5. The van der Waals surface area contributed by atoms with Crippen molar-refractivity contribution in [3.63, 3.8) is 0 Å². The van der Waals surface area contributed by atoms with E-state index < -0.39 is 0 Å². The maximum absolute atomic E-state index is 5.27. The zero-order valence-corrected chi connectivity index (χ0v) is 31.3. The fourth-order valence-corrected chi connectivity index (χ4v) is 10.5. The Labute approximate surface area is 325 Å². The molecule has 2 nitrogen and oxygen atoms in total. The summed E-state index contributed by atoms with van der Waals surface area (Å²) in [5, 5.41) is 1.17. The second-order valence-corrected chi connectivity index (χ2v) is 16.3. The van der Waals surface area contributed by atoms with Gasteiger partial charge in [0.1, 0.15) is 0 Å². The van der Waals surface area contributed by atoms with E-state index in [-0.39, 0.29) is 5.41 Å². The minimum absolute atomic E-state index is 0.153. The van der Waals surface area contributed by atoms with E-state index in [4.69, 9.17) is 9.97 Å². The van der Waals surface area contributed by atoms with E-state index >= 15 is 0 Å². The van der Waals surface area contributed by atoms with Gasteiger partial charge in [-0.2, -0.15) is 0 Å². The lowest BCUT2D eigenvalue weighted by atomic mass is 9.67. The molecule has 1 fully saturated rings. The number of hydrogen-bond donors (Lipinski definition) is 0. The van der Waals surface area contributed by atoms with Crippen molar-refractivity contribution >= 4 is 31.6 Å². The second-order valence-electron chi connectivity index (χ2n) is 15.2. The monoisotopic (exact) mass is 722 g/mol. The first-order valence-electron chi connectivity index (χ1n) is 19.5. The molecule has 0 N–H and O–H groups in total. The summed E-state index contributed by atoms with van der Waals surface area (Å²) in [7, 11) is 0. The molecule has 1 saturated carbocycles. The lowest BCUT2D eigenvalue weighted by Crippen LogP contribution is -2.28. The summed E-state index contributed by atoms with van der Waals surface area (Å²) >= 11 is 1.77. The number of nitrogens with zero attached hydrogens (tertiary/aromatic N) is 2. The van der Waals surface area contributed by atoms with Crippen molar-refractivity contribution in [2.75, 3.05) is 0 Å². The van der Waals surface area contributed by atoms with Crippen molar-refractivity contribution in [2.45, 2.75) is 37.5 Å². The van der Waals surface area contributed by atoms with Gasteiger partial charge in [0.15, 0.2) is 5.82 Å². The van der Waals surface area contributed by atoms with Gasteiger partial charge in [0.2, 0.25) is 0 Å². The smallest absolute Gasteiger partial charge is 0.160 e. The molecule has 0 aliphatic heterocycles. The number of hydrogen-bond acceptors (Lipinski definition) is 3. The van der Waals surface area contributed by atoms with E-state index in [1.54, 1.807) is 16.9 Å². The topological polar surface area (TPSA) is 25.8 Å². The van der Waals surface area contributed by atoms with Gasteiger partial charge < -0.3 is 0 Å². The average Bonchev–Trinajstić information content (AvgIpc) is 3.77. The van der Waals surface area contributed by atoms with Crippen LogP contribution in [0.4, 0.5) is 0 Å². The standard InChI is InChI=1S/C52H38N2S/c1-3-12-34(13-4-1)35-22-26-38(27-23-35)51-53-48(50-49(54-51)44-17-6-8-19-47(44)55-50)37-24-20-36(21-25-37)39-14-11-15-40(32-39)41-28-29-43-42-16-5-7-18-45(42)52(46(43)33-41)30-9-2-10-31-52/h1,3-8,11-29,32-33H,2,9-10,30-31H2. The lowest BCUT2D eigenvalue weighted by Gasteiger charge is -2.36. The van der Waals surface area contributed by atoms with Crippen LogP contribution >= 0.6 is 11.3 Å². The molecule has 2 aliphatic rings. The van der Waals surface area contributed by atoms with Gasteiger partial charge in [0.05, 0.1) is 15.9 Å². The molecule has 0 radical (unpaired) electrons. The van der Waals surface area contributed by atoms with E-state index in [1.165, 1.54) is 92.3 Å².